The average molecular weight is 680 g/mol. The minimum Gasteiger partial charge on any atom is -0.228 e. The quantitative estimate of drug-likeness (QED) is 0.175. The highest BCUT2D eigenvalue weighted by Crippen LogP contribution is 2.57. The van der Waals surface area contributed by atoms with Gasteiger partial charge in [0.25, 0.3) is 0 Å². The smallest absolute Gasteiger partial charge is 0.160 e. The molecule has 0 saturated heterocycles. The van der Waals surface area contributed by atoms with Gasteiger partial charge < -0.3 is 0 Å². The summed E-state index contributed by atoms with van der Waals surface area (Å²) in [5.74, 6) is 0.393. The van der Waals surface area contributed by atoms with Crippen LogP contribution < -0.4 is 0 Å². The molecule has 1 aliphatic carbocycles. The second-order valence-corrected chi connectivity index (χ2v) is 13.3. The summed E-state index contributed by atoms with van der Waals surface area (Å²) in [7, 11) is 0. The number of hydrogen-bond donors (Lipinski definition) is 0. The van der Waals surface area contributed by atoms with Crippen molar-refractivity contribution in [3.8, 4) is 56.2 Å². The van der Waals surface area contributed by atoms with Gasteiger partial charge in [-0.1, -0.05) is 194 Å². The summed E-state index contributed by atoms with van der Waals surface area (Å²) in [6.45, 7) is 0. The van der Waals surface area contributed by atoms with Gasteiger partial charge in [0.2, 0.25) is 0 Å². The van der Waals surface area contributed by atoms with Crippen LogP contribution >= 0.6 is 0 Å². The van der Waals surface area contributed by atoms with Gasteiger partial charge in [-0.05, 0) is 67.4 Å². The molecule has 0 unspecified atom stereocenters. The monoisotopic (exact) mass is 679 g/mol. The molecule has 0 N–H and O–H groups in total. The van der Waals surface area contributed by atoms with Gasteiger partial charge in [-0.3, -0.25) is 0 Å². The first-order valence-corrected chi connectivity index (χ1v) is 17.8. The Labute approximate surface area is 316 Å². The number of rotatable bonds is 6. The summed E-state index contributed by atoms with van der Waals surface area (Å²) < 4.78 is 42.5. The van der Waals surface area contributed by atoms with Crippen molar-refractivity contribution in [3.63, 3.8) is 0 Å². The third-order valence-corrected chi connectivity index (χ3v) is 10.5. The fourth-order valence-electron chi connectivity index (χ4n) is 8.19. The molecule has 53 heavy (non-hydrogen) atoms. The van der Waals surface area contributed by atoms with Gasteiger partial charge in [0.1, 0.15) is 0 Å². The number of benzene rings is 8. The van der Waals surface area contributed by atoms with E-state index in [1.54, 1.807) is 6.07 Å². The van der Waals surface area contributed by atoms with Crippen LogP contribution in [0.2, 0.25) is 0 Å². The number of nitrogens with zero attached hydrogens (tertiary/aromatic N) is 2. The van der Waals surface area contributed by atoms with Gasteiger partial charge in [0, 0.05) is 16.7 Å². The lowest BCUT2D eigenvalue weighted by molar-refractivity contribution is 0.769. The Morgan fingerprint density at radius 3 is 1.64 bits per heavy atom. The zero-order valence-electron chi connectivity index (χ0n) is 33.6. The predicted molar refractivity (Wildman–Crippen MR) is 219 cm³/mol. The van der Waals surface area contributed by atoms with Crippen LogP contribution in [0.4, 0.5) is 0 Å². The van der Waals surface area contributed by atoms with E-state index in [1.165, 1.54) is 33.4 Å². The second kappa shape index (κ2) is 12.7. The van der Waals surface area contributed by atoms with Gasteiger partial charge >= 0.3 is 0 Å². The third-order valence-electron chi connectivity index (χ3n) is 10.5. The molecule has 1 heterocycles. The van der Waals surface area contributed by atoms with Crippen LogP contribution in [0.1, 0.15) is 29.1 Å². The molecule has 10 rings (SSSR count). The molecule has 0 spiro atoms. The lowest BCUT2D eigenvalue weighted by Gasteiger charge is -2.34. The standard InChI is InChI=1S/C51H34N2/c1-5-17-35(18-6-1)48-34-49(53-50(52-48)36-19-7-2-8-20-36)45-32-31-40(41-25-13-14-26-42(41)45)37-29-30-44-43-27-15-16-28-46(43)51(47(44)33-37,38-21-9-3-10-22-38)39-23-11-4-12-24-39/h1-34H/i1D,5D,6D,17D,18D. The number of fused-ring (bicyclic) bond motifs is 4. The molecule has 9 aromatic rings. The first kappa shape index (κ1) is 26.0. The van der Waals surface area contributed by atoms with Crippen molar-refractivity contribution in [2.45, 2.75) is 5.41 Å². The highest BCUT2D eigenvalue weighted by molar-refractivity contribution is 6.05. The zero-order valence-corrected chi connectivity index (χ0v) is 28.6. The average Bonchev–Trinajstić information content (AvgIpc) is 3.58. The number of hydrogen-bond acceptors (Lipinski definition) is 2. The molecule has 0 radical (unpaired) electrons. The van der Waals surface area contributed by atoms with E-state index in [1.807, 2.05) is 42.5 Å². The van der Waals surface area contributed by atoms with Gasteiger partial charge in [-0.15, -0.1) is 0 Å². The van der Waals surface area contributed by atoms with Gasteiger partial charge in [0.05, 0.1) is 23.7 Å². The SMILES string of the molecule is [2H]c1c([2H])c([2H])c(-c2cc(-c3ccc(-c4ccc5c(c4)C(c4ccccc4)(c4ccccc4)c4ccccc4-5)c4ccccc34)nc(-c3ccccc3)n2)c([2H])c1[2H]. The highest BCUT2D eigenvalue weighted by atomic mass is 14.9. The van der Waals surface area contributed by atoms with Crippen molar-refractivity contribution in [2.24, 2.45) is 0 Å². The molecule has 248 valence electrons. The summed E-state index contributed by atoms with van der Waals surface area (Å²) in [6, 6.07) is 59.1. The summed E-state index contributed by atoms with van der Waals surface area (Å²) in [5.41, 5.74) is 11.4. The Bertz CT molecular complexity index is 2990. The van der Waals surface area contributed by atoms with E-state index in [-0.39, 0.29) is 23.3 Å². The van der Waals surface area contributed by atoms with Crippen molar-refractivity contribution in [2.75, 3.05) is 0 Å². The van der Waals surface area contributed by atoms with E-state index in [0.717, 1.165) is 33.0 Å². The fourth-order valence-corrected chi connectivity index (χ4v) is 8.19. The molecular weight excluding hydrogens is 641 g/mol. The molecule has 0 atom stereocenters. The molecule has 2 heteroatoms. The largest absolute Gasteiger partial charge is 0.228 e. The van der Waals surface area contributed by atoms with Gasteiger partial charge in [0.15, 0.2) is 5.82 Å². The van der Waals surface area contributed by atoms with Gasteiger partial charge in [-0.25, -0.2) is 9.97 Å². The molecule has 0 saturated carbocycles. The van der Waals surface area contributed by atoms with Crippen molar-refractivity contribution >= 4 is 10.8 Å². The Balaban J connectivity index is 1.19. The maximum Gasteiger partial charge on any atom is 0.160 e. The molecule has 1 aliphatic rings. The maximum absolute atomic E-state index is 8.78. The van der Waals surface area contributed by atoms with Crippen LogP contribution in [0.15, 0.2) is 206 Å². The first-order valence-electron chi connectivity index (χ1n) is 20.3. The van der Waals surface area contributed by atoms with Gasteiger partial charge in [-0.2, -0.15) is 0 Å². The van der Waals surface area contributed by atoms with E-state index in [4.69, 9.17) is 16.8 Å². The van der Waals surface area contributed by atoms with Crippen molar-refractivity contribution in [3.05, 3.63) is 228 Å². The molecular formula is C51H34N2. The van der Waals surface area contributed by atoms with E-state index in [2.05, 4.69) is 127 Å². The molecule has 0 bridgehead atoms. The topological polar surface area (TPSA) is 25.8 Å². The molecule has 1 aromatic heterocycles. The van der Waals surface area contributed by atoms with Crippen molar-refractivity contribution in [1.82, 2.24) is 9.97 Å². The minimum absolute atomic E-state index is 0.0345. The number of aromatic nitrogens is 2. The fraction of sp³-hybridized carbons (Fsp3) is 0.0196. The highest BCUT2D eigenvalue weighted by Gasteiger charge is 2.46. The van der Waals surface area contributed by atoms with E-state index in [0.29, 0.717) is 11.5 Å². The maximum atomic E-state index is 8.78. The third kappa shape index (κ3) is 5.03. The van der Waals surface area contributed by atoms with Crippen LogP contribution in [-0.2, 0) is 5.41 Å². The minimum atomic E-state index is -0.533. The van der Waals surface area contributed by atoms with Crippen LogP contribution in [0, 0.1) is 0 Å². The Kier molecular flexibility index (Phi) is 6.22. The van der Waals surface area contributed by atoms with E-state index < -0.39 is 23.5 Å². The predicted octanol–water partition coefficient (Wildman–Crippen LogP) is 12.7. The lowest BCUT2D eigenvalue weighted by atomic mass is 9.67. The van der Waals surface area contributed by atoms with Crippen LogP contribution in [0.3, 0.4) is 0 Å². The molecule has 0 aliphatic heterocycles. The molecule has 0 amide bonds. The molecule has 2 nitrogen and oxygen atoms in total. The Morgan fingerprint density at radius 2 is 0.925 bits per heavy atom. The lowest BCUT2D eigenvalue weighted by Crippen LogP contribution is -2.28. The van der Waals surface area contributed by atoms with Crippen LogP contribution in [0.5, 0.6) is 0 Å². The summed E-state index contributed by atoms with van der Waals surface area (Å²) in [4.78, 5) is 9.88. The van der Waals surface area contributed by atoms with E-state index >= 15 is 0 Å². The second-order valence-electron chi connectivity index (χ2n) is 13.3. The normalized spacial score (nSPS) is 14.0. The van der Waals surface area contributed by atoms with Crippen LogP contribution in [-0.4, -0.2) is 9.97 Å². The summed E-state index contributed by atoms with van der Waals surface area (Å²) in [5, 5.41) is 2.00. The Morgan fingerprint density at radius 1 is 0.377 bits per heavy atom. The Hall–Kier alpha value is -6.90. The summed E-state index contributed by atoms with van der Waals surface area (Å²) >= 11 is 0. The molecule has 8 aromatic carbocycles. The van der Waals surface area contributed by atoms with Crippen molar-refractivity contribution in [1.29, 1.82) is 0 Å². The van der Waals surface area contributed by atoms with Crippen LogP contribution in [0.25, 0.3) is 66.9 Å². The van der Waals surface area contributed by atoms with Crippen molar-refractivity contribution < 1.29 is 6.85 Å². The van der Waals surface area contributed by atoms with E-state index in [9.17, 15) is 0 Å². The molecule has 0 fully saturated rings. The first-order chi connectivity index (χ1) is 28.4. The summed E-state index contributed by atoms with van der Waals surface area (Å²) in [6.07, 6.45) is 0. The zero-order chi connectivity index (χ0) is 39.5.